The maximum atomic E-state index is 12.3. The molecule has 1 unspecified atom stereocenters. The van der Waals surface area contributed by atoms with E-state index >= 15 is 0 Å². The van der Waals surface area contributed by atoms with E-state index in [1.807, 2.05) is 6.92 Å². The molecule has 0 spiro atoms. The van der Waals surface area contributed by atoms with Crippen LogP contribution in [0.1, 0.15) is 11.1 Å². The van der Waals surface area contributed by atoms with Gasteiger partial charge in [0.25, 0.3) is 0 Å². The molecule has 146 valence electrons. The molecule has 2 aromatic carbocycles. The molecule has 7 nitrogen and oxygen atoms in total. The predicted octanol–water partition coefficient (Wildman–Crippen LogP) is 3.22. The van der Waals surface area contributed by atoms with E-state index in [9.17, 15) is 18.3 Å². The summed E-state index contributed by atoms with van der Waals surface area (Å²) in [7, 11) is -2.92. The molecule has 0 aliphatic heterocycles. The van der Waals surface area contributed by atoms with E-state index in [0.717, 1.165) is 5.56 Å². The smallest absolute Gasteiger partial charge is 0.325 e. The number of carbonyl (C=O) groups is 1. The van der Waals surface area contributed by atoms with Crippen molar-refractivity contribution in [2.24, 2.45) is 0 Å². The van der Waals surface area contributed by atoms with Crippen molar-refractivity contribution in [1.29, 1.82) is 0 Å². The third-order valence-corrected chi connectivity index (χ3v) is 5.99. The minimum absolute atomic E-state index is 0.0135. The fourth-order valence-corrected chi connectivity index (χ4v) is 4.25. The molecule has 0 radical (unpaired) electrons. The highest BCUT2D eigenvalue weighted by Crippen LogP contribution is 2.33. The van der Waals surface area contributed by atoms with Crippen molar-refractivity contribution in [3.63, 3.8) is 0 Å². The summed E-state index contributed by atoms with van der Waals surface area (Å²) in [5.74, 6) is -0.686. The number of hydroxylamine groups is 1. The van der Waals surface area contributed by atoms with Crippen molar-refractivity contribution in [1.82, 2.24) is 5.48 Å². The first-order valence-corrected chi connectivity index (χ1v) is 10.6. The van der Waals surface area contributed by atoms with E-state index in [1.54, 1.807) is 24.3 Å². The van der Waals surface area contributed by atoms with Crippen molar-refractivity contribution < 1.29 is 27.3 Å². The number of carbonyl (C=O) groups excluding carboxylic acids is 1. The van der Waals surface area contributed by atoms with Crippen LogP contribution in [0.4, 0.5) is 0 Å². The largest absolute Gasteiger partial charge is 0.506 e. The Balaban J connectivity index is 2.17. The number of phenolic OH excluding ortho intramolecular Hbond substituents is 1. The number of methoxy groups -OCH3 is 1. The molecule has 0 aliphatic carbocycles. The molecule has 0 bridgehead atoms. The second-order valence-electron chi connectivity index (χ2n) is 5.66. The van der Waals surface area contributed by atoms with Crippen LogP contribution in [0.15, 0.2) is 50.2 Å². The van der Waals surface area contributed by atoms with Crippen molar-refractivity contribution in [2.75, 3.05) is 7.11 Å². The zero-order valence-electron chi connectivity index (χ0n) is 14.4. The normalized spacial score (nSPS) is 12.6. The van der Waals surface area contributed by atoms with Crippen LogP contribution in [0, 0.1) is 6.92 Å². The monoisotopic (exact) mass is 521 g/mol. The van der Waals surface area contributed by atoms with Crippen molar-refractivity contribution in [2.45, 2.75) is 24.3 Å². The summed E-state index contributed by atoms with van der Waals surface area (Å²) < 4.78 is 35.0. The number of esters is 1. The van der Waals surface area contributed by atoms with Gasteiger partial charge in [0.1, 0.15) is 11.8 Å². The van der Waals surface area contributed by atoms with Crippen LogP contribution < -0.4 is 5.48 Å². The lowest BCUT2D eigenvalue weighted by Crippen LogP contribution is -2.40. The summed E-state index contributed by atoms with van der Waals surface area (Å²) in [5.41, 5.74) is 3.80. The number of aryl methyl sites for hydroxylation is 1. The van der Waals surface area contributed by atoms with E-state index in [0.29, 0.717) is 14.5 Å². The molecule has 1 atom stereocenters. The molecule has 0 fully saturated rings. The average Bonchev–Trinajstić information content (AvgIpc) is 2.62. The van der Waals surface area contributed by atoms with Gasteiger partial charge in [-0.25, -0.2) is 0 Å². The Morgan fingerprint density at radius 3 is 2.26 bits per heavy atom. The Morgan fingerprint density at radius 2 is 1.74 bits per heavy atom. The van der Waals surface area contributed by atoms with Crippen molar-refractivity contribution in [3.05, 3.63) is 56.5 Å². The van der Waals surface area contributed by atoms with Crippen LogP contribution in [0.5, 0.6) is 5.75 Å². The van der Waals surface area contributed by atoms with Gasteiger partial charge in [0.05, 0.1) is 21.0 Å². The third-order valence-electron chi connectivity index (χ3n) is 3.61. The fraction of sp³-hybridized carbons (Fsp3) is 0.235. The van der Waals surface area contributed by atoms with Crippen LogP contribution in [0.2, 0.25) is 0 Å². The second-order valence-corrected chi connectivity index (χ2v) is 8.91. The second kappa shape index (κ2) is 9.16. The maximum Gasteiger partial charge on any atom is 0.325 e. The van der Waals surface area contributed by atoms with Crippen molar-refractivity contribution >= 4 is 47.9 Å². The van der Waals surface area contributed by atoms with Crippen LogP contribution in [0.25, 0.3) is 0 Å². The topological polar surface area (TPSA) is 102 Å². The summed E-state index contributed by atoms with van der Waals surface area (Å²) >= 11 is 6.41. The van der Waals surface area contributed by atoms with E-state index in [4.69, 9.17) is 9.02 Å². The summed E-state index contributed by atoms with van der Waals surface area (Å²) in [6.45, 7) is 1.83. The molecule has 2 N–H and O–H groups in total. The highest BCUT2D eigenvalue weighted by Gasteiger charge is 2.25. The lowest BCUT2D eigenvalue weighted by atomic mass is 10.1. The summed E-state index contributed by atoms with van der Waals surface area (Å²) in [6, 6.07) is 8.22. The Labute approximate surface area is 174 Å². The first kappa shape index (κ1) is 21.8. The van der Waals surface area contributed by atoms with Crippen LogP contribution in [0.3, 0.4) is 0 Å². The fourth-order valence-electron chi connectivity index (χ4n) is 2.16. The molecular weight excluding hydrogens is 506 g/mol. The van der Waals surface area contributed by atoms with Gasteiger partial charge in [-0.3, -0.25) is 4.79 Å². The molecule has 0 heterocycles. The van der Waals surface area contributed by atoms with Gasteiger partial charge in [-0.1, -0.05) is 17.7 Å². The molecule has 0 saturated heterocycles. The standard InChI is InChI=1S/C17H17Br2NO6S/c1-10-3-5-12(6-4-10)27(23,24)26-20-15(17(22)25-2)9-11-7-13(18)16(21)14(19)8-11/h3-8,15,20-21H,9H2,1-2H3. The maximum absolute atomic E-state index is 12.3. The molecule has 10 heteroatoms. The van der Waals surface area contributed by atoms with Crippen LogP contribution in [-0.4, -0.2) is 32.6 Å². The van der Waals surface area contributed by atoms with Gasteiger partial charge in [0.2, 0.25) is 0 Å². The Hall–Kier alpha value is -1.46. The van der Waals surface area contributed by atoms with Gasteiger partial charge in [0, 0.05) is 6.42 Å². The molecule has 2 aromatic rings. The highest BCUT2D eigenvalue weighted by molar-refractivity contribution is 9.11. The number of hydrogen-bond donors (Lipinski definition) is 2. The van der Waals surface area contributed by atoms with Gasteiger partial charge >= 0.3 is 16.1 Å². The predicted molar refractivity (Wildman–Crippen MR) is 106 cm³/mol. The number of hydrogen-bond acceptors (Lipinski definition) is 7. The number of halogens is 2. The Morgan fingerprint density at radius 1 is 1.19 bits per heavy atom. The Kier molecular flexibility index (Phi) is 7.40. The average molecular weight is 523 g/mol. The lowest BCUT2D eigenvalue weighted by Gasteiger charge is -2.17. The third kappa shape index (κ3) is 5.76. The highest BCUT2D eigenvalue weighted by atomic mass is 79.9. The molecular formula is C17H17Br2NO6S. The van der Waals surface area contributed by atoms with Crippen LogP contribution in [-0.2, 0) is 30.4 Å². The summed E-state index contributed by atoms with van der Waals surface area (Å²) in [4.78, 5) is 12.0. The Bertz CT molecular complexity index is 908. The molecule has 0 aromatic heterocycles. The first-order chi connectivity index (χ1) is 12.6. The molecule has 2 rings (SSSR count). The molecule has 0 amide bonds. The van der Waals surface area contributed by atoms with Gasteiger partial charge in [0.15, 0.2) is 0 Å². The van der Waals surface area contributed by atoms with E-state index in [2.05, 4.69) is 37.3 Å². The zero-order valence-corrected chi connectivity index (χ0v) is 18.4. The van der Waals surface area contributed by atoms with E-state index < -0.39 is 22.1 Å². The quantitative estimate of drug-likeness (QED) is 0.425. The van der Waals surface area contributed by atoms with Gasteiger partial charge in [-0.2, -0.15) is 18.2 Å². The number of phenols is 1. The number of benzene rings is 2. The lowest BCUT2D eigenvalue weighted by molar-refractivity contribution is -0.145. The van der Waals surface area contributed by atoms with Gasteiger partial charge in [-0.05, 0) is 68.6 Å². The van der Waals surface area contributed by atoms with Crippen LogP contribution >= 0.6 is 31.9 Å². The SMILES string of the molecule is COC(=O)C(Cc1cc(Br)c(O)c(Br)c1)NOS(=O)(=O)c1ccc(C)cc1. The molecule has 0 aliphatic rings. The van der Waals surface area contributed by atoms with E-state index in [1.165, 1.54) is 19.2 Å². The number of ether oxygens (including phenoxy) is 1. The minimum Gasteiger partial charge on any atom is -0.506 e. The number of rotatable bonds is 7. The zero-order chi connectivity index (χ0) is 20.2. The first-order valence-electron chi connectivity index (χ1n) is 7.64. The summed E-state index contributed by atoms with van der Waals surface area (Å²) in [6.07, 6.45) is 0.0631. The minimum atomic E-state index is -4.11. The number of aromatic hydroxyl groups is 1. The van der Waals surface area contributed by atoms with Gasteiger partial charge in [-0.15, -0.1) is 0 Å². The summed E-state index contributed by atoms with van der Waals surface area (Å²) in [5, 5.41) is 9.77. The number of nitrogens with one attached hydrogen (secondary N) is 1. The van der Waals surface area contributed by atoms with Gasteiger partial charge < -0.3 is 9.84 Å². The molecule has 27 heavy (non-hydrogen) atoms. The van der Waals surface area contributed by atoms with E-state index in [-0.39, 0.29) is 17.1 Å². The van der Waals surface area contributed by atoms with Crippen molar-refractivity contribution in [3.8, 4) is 5.75 Å². The molecule has 0 saturated carbocycles.